The van der Waals surface area contributed by atoms with Gasteiger partial charge in [0.2, 0.25) is 0 Å². The summed E-state index contributed by atoms with van der Waals surface area (Å²) in [5.74, 6) is 1.57. The van der Waals surface area contributed by atoms with Crippen LogP contribution in [0.15, 0.2) is 48.1 Å². The summed E-state index contributed by atoms with van der Waals surface area (Å²) in [6.07, 6.45) is 9.60. The fourth-order valence-electron chi connectivity index (χ4n) is 2.77. The second-order valence-corrected chi connectivity index (χ2v) is 13.2. The Morgan fingerprint density at radius 2 is 1.87 bits per heavy atom. The number of benzene rings is 1. The molecule has 2 heteroatoms. The van der Waals surface area contributed by atoms with E-state index in [1.54, 1.807) is 7.11 Å². The van der Waals surface area contributed by atoms with Gasteiger partial charge in [-0.2, -0.15) is 0 Å². The highest BCUT2D eigenvalue weighted by atomic mass is 28.3. The number of methoxy groups -OCH3 is 1. The molecule has 0 amide bonds. The number of allylic oxidation sites excluding steroid dienone is 4. The average Bonchev–Trinajstić information content (AvgIpc) is 2.46. The van der Waals surface area contributed by atoms with Crippen LogP contribution in [0.4, 0.5) is 0 Å². The van der Waals surface area contributed by atoms with Crippen molar-refractivity contribution in [1.29, 1.82) is 0 Å². The maximum absolute atomic E-state index is 5.40. The molecule has 0 fully saturated rings. The van der Waals surface area contributed by atoms with Crippen LogP contribution in [0.25, 0.3) is 0 Å². The van der Waals surface area contributed by atoms with E-state index in [0.717, 1.165) is 5.75 Å². The molecule has 1 aromatic rings. The Morgan fingerprint density at radius 3 is 2.43 bits per heavy atom. The first-order chi connectivity index (χ1) is 10.7. The van der Waals surface area contributed by atoms with E-state index >= 15 is 0 Å². The Balaban J connectivity index is 2.87. The van der Waals surface area contributed by atoms with E-state index in [0.29, 0.717) is 11.5 Å². The molecular weight excluding hydrogens is 296 g/mol. The van der Waals surface area contributed by atoms with Gasteiger partial charge in [0.05, 0.1) is 15.2 Å². The summed E-state index contributed by atoms with van der Waals surface area (Å²) in [6, 6.07) is 8.56. The third-order valence-corrected chi connectivity index (χ3v) is 6.58. The minimum Gasteiger partial charge on any atom is -0.497 e. The number of hydrogen-bond donors (Lipinski definition) is 0. The fraction of sp³-hybridized carbons (Fsp3) is 0.524. The summed E-state index contributed by atoms with van der Waals surface area (Å²) in [5.41, 5.74) is 3.33. The van der Waals surface area contributed by atoms with Crippen molar-refractivity contribution >= 4 is 8.07 Å². The van der Waals surface area contributed by atoms with E-state index in [9.17, 15) is 0 Å². The molecule has 128 valence electrons. The van der Waals surface area contributed by atoms with Crippen LogP contribution >= 0.6 is 0 Å². The molecule has 23 heavy (non-hydrogen) atoms. The summed E-state index contributed by atoms with van der Waals surface area (Å²) < 4.78 is 5.40. The van der Waals surface area contributed by atoms with Gasteiger partial charge in [-0.1, -0.05) is 62.5 Å². The highest BCUT2D eigenvalue weighted by Gasteiger charge is 2.26. The van der Waals surface area contributed by atoms with Gasteiger partial charge < -0.3 is 4.74 Å². The van der Waals surface area contributed by atoms with Crippen molar-refractivity contribution < 1.29 is 4.74 Å². The highest BCUT2D eigenvalue weighted by molar-refractivity contribution is 6.78. The zero-order chi connectivity index (χ0) is 17.5. The average molecular weight is 331 g/mol. The van der Waals surface area contributed by atoms with Crippen LogP contribution in [0.1, 0.15) is 44.7 Å². The van der Waals surface area contributed by atoms with E-state index in [4.69, 9.17) is 4.74 Å². The molecule has 0 unspecified atom stereocenters. The molecule has 2 atom stereocenters. The van der Waals surface area contributed by atoms with Gasteiger partial charge in [0.15, 0.2) is 0 Å². The second-order valence-electron chi connectivity index (χ2n) is 7.84. The lowest BCUT2D eigenvalue weighted by atomic mass is 10.0. The largest absolute Gasteiger partial charge is 0.497 e. The minimum atomic E-state index is -1.33. The lowest BCUT2D eigenvalue weighted by Gasteiger charge is -2.27. The Kier molecular flexibility index (Phi) is 7.84. The Morgan fingerprint density at radius 1 is 1.17 bits per heavy atom. The van der Waals surface area contributed by atoms with Crippen molar-refractivity contribution in [2.45, 2.75) is 58.8 Å². The Hall–Kier alpha value is -1.28. The zero-order valence-electron chi connectivity index (χ0n) is 16.0. The molecule has 1 nitrogen and oxygen atoms in total. The van der Waals surface area contributed by atoms with Crippen molar-refractivity contribution in [2.24, 2.45) is 5.92 Å². The fourth-order valence-corrected chi connectivity index (χ4v) is 4.63. The zero-order valence-corrected chi connectivity index (χ0v) is 17.0. The lowest BCUT2D eigenvalue weighted by molar-refractivity contribution is 0.414. The summed E-state index contributed by atoms with van der Waals surface area (Å²) in [5, 5.41) is 0. The summed E-state index contributed by atoms with van der Waals surface area (Å²) >= 11 is 0. The van der Waals surface area contributed by atoms with E-state index in [1.807, 2.05) is 6.07 Å². The minimum absolute atomic E-state index is 0.531. The van der Waals surface area contributed by atoms with Crippen LogP contribution in [-0.2, 0) is 0 Å². The van der Waals surface area contributed by atoms with Crippen molar-refractivity contribution in [2.75, 3.05) is 7.11 Å². The van der Waals surface area contributed by atoms with Gasteiger partial charge in [-0.15, -0.1) is 0 Å². The Bertz CT molecular complexity index is 533. The first-order valence-corrected chi connectivity index (χ1v) is 12.3. The topological polar surface area (TPSA) is 9.23 Å². The van der Waals surface area contributed by atoms with Crippen LogP contribution in [0.5, 0.6) is 5.75 Å². The predicted octanol–water partition coefficient (Wildman–Crippen LogP) is 6.59. The van der Waals surface area contributed by atoms with Gasteiger partial charge in [-0.25, -0.2) is 0 Å². The second kappa shape index (κ2) is 9.12. The molecule has 0 saturated carbocycles. The summed E-state index contributed by atoms with van der Waals surface area (Å²) in [7, 11) is 0.406. The van der Waals surface area contributed by atoms with Crippen molar-refractivity contribution in [1.82, 2.24) is 0 Å². The van der Waals surface area contributed by atoms with Gasteiger partial charge in [-0.3, -0.25) is 0 Å². The monoisotopic (exact) mass is 330 g/mol. The molecule has 0 radical (unpaired) electrons. The number of ether oxygens (including phenoxy) is 1. The van der Waals surface area contributed by atoms with Crippen molar-refractivity contribution in [3.63, 3.8) is 0 Å². The van der Waals surface area contributed by atoms with Gasteiger partial charge in [-0.05, 0) is 55.8 Å². The molecule has 1 rings (SSSR count). The normalized spacial score (nSPS) is 14.6. The van der Waals surface area contributed by atoms with E-state index < -0.39 is 8.07 Å². The van der Waals surface area contributed by atoms with Gasteiger partial charge in [0, 0.05) is 0 Å². The van der Waals surface area contributed by atoms with Gasteiger partial charge in [0.25, 0.3) is 0 Å². The predicted molar refractivity (Wildman–Crippen MR) is 106 cm³/mol. The molecule has 0 N–H and O–H groups in total. The standard InChI is InChI=1S/C21H34OSi/c1-17(2)10-8-11-18(3)14-15-21(23(5,6)7)19-12-9-13-20(16-19)22-4/h9-10,12-16,18,21H,8,11H2,1-7H3/b15-14+/t18-,21-/m0/s1. The smallest absolute Gasteiger partial charge is 0.119 e. The van der Waals surface area contributed by atoms with Gasteiger partial charge in [0.1, 0.15) is 5.75 Å². The molecule has 0 aromatic heterocycles. The maximum Gasteiger partial charge on any atom is 0.119 e. The first kappa shape index (κ1) is 19.8. The van der Waals surface area contributed by atoms with E-state index in [2.05, 4.69) is 76.8 Å². The quantitative estimate of drug-likeness (QED) is 0.385. The van der Waals surface area contributed by atoms with Crippen LogP contribution < -0.4 is 4.74 Å². The first-order valence-electron chi connectivity index (χ1n) is 8.69. The van der Waals surface area contributed by atoms with E-state index in [1.165, 1.54) is 24.0 Å². The SMILES string of the molecule is COc1cccc([C@H](/C=C/[C@@H](C)CCC=C(C)C)[Si](C)(C)C)c1. The Labute approximate surface area is 144 Å². The van der Waals surface area contributed by atoms with Crippen LogP contribution in [0, 0.1) is 5.92 Å². The third-order valence-electron chi connectivity index (χ3n) is 4.19. The third kappa shape index (κ3) is 7.21. The summed E-state index contributed by atoms with van der Waals surface area (Å²) in [6.45, 7) is 14.0. The molecule has 0 bridgehead atoms. The summed E-state index contributed by atoms with van der Waals surface area (Å²) in [4.78, 5) is 0. The highest BCUT2D eigenvalue weighted by Crippen LogP contribution is 2.31. The van der Waals surface area contributed by atoms with Gasteiger partial charge >= 0.3 is 0 Å². The molecule has 0 saturated heterocycles. The lowest BCUT2D eigenvalue weighted by Crippen LogP contribution is -2.29. The maximum atomic E-state index is 5.40. The molecule has 0 aliphatic heterocycles. The number of hydrogen-bond acceptors (Lipinski definition) is 1. The van der Waals surface area contributed by atoms with Crippen LogP contribution in [0.3, 0.4) is 0 Å². The molecule has 1 aromatic carbocycles. The molecule has 0 spiro atoms. The van der Waals surface area contributed by atoms with Crippen molar-refractivity contribution in [3.05, 3.63) is 53.6 Å². The molecule has 0 aliphatic carbocycles. The number of rotatable bonds is 8. The molecule has 0 aliphatic rings. The van der Waals surface area contributed by atoms with E-state index in [-0.39, 0.29) is 0 Å². The molecular formula is C21H34OSi. The van der Waals surface area contributed by atoms with Crippen LogP contribution in [0.2, 0.25) is 19.6 Å². The van der Waals surface area contributed by atoms with Crippen molar-refractivity contribution in [3.8, 4) is 5.75 Å². The van der Waals surface area contributed by atoms with Crippen LogP contribution in [-0.4, -0.2) is 15.2 Å². The molecule has 0 heterocycles.